The number of nitrogen functional groups attached to an aromatic ring is 1. The smallest absolute Gasteiger partial charge is 0.0990 e. The second-order valence-electron chi connectivity index (χ2n) is 3.92. The molecular weight excluding hydrogens is 262 g/mol. The van der Waals surface area contributed by atoms with Gasteiger partial charge in [-0.1, -0.05) is 0 Å². The SMILES string of the molecule is Cc1cc(N)ccc1N=Nc1ccc(S)cc1S. The molecule has 0 aliphatic rings. The van der Waals surface area contributed by atoms with Crippen molar-refractivity contribution in [1.82, 2.24) is 0 Å². The van der Waals surface area contributed by atoms with Gasteiger partial charge in [-0.25, -0.2) is 0 Å². The lowest BCUT2D eigenvalue weighted by Gasteiger charge is -2.01. The van der Waals surface area contributed by atoms with Crippen LogP contribution in [0.4, 0.5) is 17.1 Å². The van der Waals surface area contributed by atoms with Gasteiger partial charge in [0.25, 0.3) is 0 Å². The van der Waals surface area contributed by atoms with Crippen LogP contribution in [0.25, 0.3) is 0 Å². The van der Waals surface area contributed by atoms with Crippen LogP contribution in [0, 0.1) is 6.92 Å². The Morgan fingerprint density at radius 1 is 0.944 bits per heavy atom. The summed E-state index contributed by atoms with van der Waals surface area (Å²) in [6.45, 7) is 1.95. The van der Waals surface area contributed by atoms with E-state index in [4.69, 9.17) is 5.73 Å². The molecule has 0 heterocycles. The molecule has 0 aliphatic heterocycles. The molecule has 0 atom stereocenters. The quantitative estimate of drug-likeness (QED) is 0.420. The van der Waals surface area contributed by atoms with Crippen molar-refractivity contribution in [3.8, 4) is 0 Å². The van der Waals surface area contributed by atoms with Gasteiger partial charge in [-0.15, -0.1) is 30.4 Å². The van der Waals surface area contributed by atoms with Gasteiger partial charge in [-0.2, -0.15) is 5.11 Å². The Morgan fingerprint density at radius 2 is 1.61 bits per heavy atom. The Labute approximate surface area is 117 Å². The molecule has 2 rings (SSSR count). The third kappa shape index (κ3) is 3.05. The van der Waals surface area contributed by atoms with E-state index in [9.17, 15) is 0 Å². The molecule has 0 unspecified atom stereocenters. The molecule has 92 valence electrons. The van der Waals surface area contributed by atoms with Crippen molar-refractivity contribution in [2.75, 3.05) is 5.73 Å². The second-order valence-corrected chi connectivity index (χ2v) is 4.92. The Kier molecular flexibility index (Phi) is 3.93. The van der Waals surface area contributed by atoms with E-state index in [-0.39, 0.29) is 0 Å². The Hall–Kier alpha value is -1.46. The van der Waals surface area contributed by atoms with Crippen molar-refractivity contribution < 1.29 is 0 Å². The number of rotatable bonds is 2. The van der Waals surface area contributed by atoms with E-state index in [1.165, 1.54) is 0 Å². The molecule has 0 saturated heterocycles. The molecule has 5 heteroatoms. The molecule has 0 bridgehead atoms. The summed E-state index contributed by atoms with van der Waals surface area (Å²) >= 11 is 8.57. The van der Waals surface area contributed by atoms with E-state index in [0.29, 0.717) is 5.69 Å². The molecule has 2 aromatic rings. The molecule has 3 nitrogen and oxygen atoms in total. The highest BCUT2D eigenvalue weighted by molar-refractivity contribution is 7.81. The summed E-state index contributed by atoms with van der Waals surface area (Å²) in [5.41, 5.74) is 8.91. The lowest BCUT2D eigenvalue weighted by atomic mass is 10.2. The van der Waals surface area contributed by atoms with Crippen LogP contribution < -0.4 is 5.73 Å². The molecule has 0 radical (unpaired) electrons. The molecule has 2 aromatic carbocycles. The third-order valence-corrected chi connectivity index (χ3v) is 3.08. The van der Waals surface area contributed by atoms with Crippen LogP contribution in [0.5, 0.6) is 0 Å². The number of nitrogens with zero attached hydrogens (tertiary/aromatic N) is 2. The van der Waals surface area contributed by atoms with Gasteiger partial charge >= 0.3 is 0 Å². The molecule has 0 amide bonds. The average molecular weight is 275 g/mol. The van der Waals surface area contributed by atoms with Crippen LogP contribution in [-0.2, 0) is 0 Å². The number of anilines is 1. The highest BCUT2D eigenvalue weighted by Gasteiger charge is 2.00. The van der Waals surface area contributed by atoms with Gasteiger partial charge in [0, 0.05) is 15.5 Å². The maximum absolute atomic E-state index is 5.68. The third-order valence-electron chi connectivity index (χ3n) is 2.45. The Morgan fingerprint density at radius 3 is 2.28 bits per heavy atom. The van der Waals surface area contributed by atoms with Crippen molar-refractivity contribution in [2.24, 2.45) is 10.2 Å². The number of azo groups is 1. The largest absolute Gasteiger partial charge is 0.399 e. The highest BCUT2D eigenvalue weighted by Crippen LogP contribution is 2.28. The number of thiol groups is 2. The van der Waals surface area contributed by atoms with Gasteiger partial charge in [0.2, 0.25) is 0 Å². The van der Waals surface area contributed by atoms with Crippen molar-refractivity contribution in [3.63, 3.8) is 0 Å². The van der Waals surface area contributed by atoms with Crippen molar-refractivity contribution in [2.45, 2.75) is 16.7 Å². The van der Waals surface area contributed by atoms with Gasteiger partial charge in [-0.3, -0.25) is 0 Å². The first-order chi connectivity index (χ1) is 8.56. The van der Waals surface area contributed by atoms with Crippen molar-refractivity contribution in [1.29, 1.82) is 0 Å². The summed E-state index contributed by atoms with van der Waals surface area (Å²) in [7, 11) is 0. The maximum atomic E-state index is 5.68. The number of nitrogens with two attached hydrogens (primary N) is 1. The zero-order valence-corrected chi connectivity index (χ0v) is 11.6. The van der Waals surface area contributed by atoms with Crippen LogP contribution in [0.1, 0.15) is 5.56 Å². The first kappa shape index (κ1) is 13.0. The topological polar surface area (TPSA) is 50.7 Å². The molecule has 2 N–H and O–H groups in total. The fourth-order valence-electron chi connectivity index (χ4n) is 1.49. The summed E-state index contributed by atoms with van der Waals surface area (Å²) in [4.78, 5) is 1.60. The van der Waals surface area contributed by atoms with E-state index in [1.807, 2.05) is 37.3 Å². The Bertz CT molecular complexity index is 556. The minimum absolute atomic E-state index is 0.715. The number of hydrogen-bond acceptors (Lipinski definition) is 5. The number of hydrogen-bond donors (Lipinski definition) is 3. The zero-order chi connectivity index (χ0) is 13.1. The summed E-state index contributed by atoms with van der Waals surface area (Å²) in [5, 5.41) is 8.38. The van der Waals surface area contributed by atoms with E-state index in [0.717, 1.165) is 26.7 Å². The normalized spacial score (nSPS) is 11.1. The van der Waals surface area contributed by atoms with Gasteiger partial charge in [-0.05, 0) is 48.9 Å². The second kappa shape index (κ2) is 5.46. The molecule has 0 aromatic heterocycles. The van der Waals surface area contributed by atoms with Gasteiger partial charge in [0.05, 0.1) is 11.4 Å². The predicted molar refractivity (Wildman–Crippen MR) is 80.7 cm³/mol. The average Bonchev–Trinajstić information content (AvgIpc) is 2.30. The van der Waals surface area contributed by atoms with Crippen LogP contribution in [0.2, 0.25) is 0 Å². The minimum atomic E-state index is 0.715. The molecule has 18 heavy (non-hydrogen) atoms. The van der Waals surface area contributed by atoms with E-state index in [2.05, 4.69) is 35.5 Å². The highest BCUT2D eigenvalue weighted by atomic mass is 32.1. The van der Waals surface area contributed by atoms with Gasteiger partial charge < -0.3 is 5.73 Å². The van der Waals surface area contributed by atoms with Crippen LogP contribution in [0.15, 0.2) is 56.4 Å². The van der Waals surface area contributed by atoms with Gasteiger partial charge in [0.15, 0.2) is 0 Å². The summed E-state index contributed by atoms with van der Waals surface area (Å²) < 4.78 is 0. The monoisotopic (exact) mass is 275 g/mol. The minimum Gasteiger partial charge on any atom is -0.399 e. The summed E-state index contributed by atoms with van der Waals surface area (Å²) in [6.07, 6.45) is 0. The molecule has 0 saturated carbocycles. The molecule has 0 spiro atoms. The van der Waals surface area contributed by atoms with Gasteiger partial charge in [0.1, 0.15) is 0 Å². The predicted octanol–water partition coefficient (Wildman–Crippen LogP) is 4.57. The van der Waals surface area contributed by atoms with Crippen molar-refractivity contribution in [3.05, 3.63) is 42.0 Å². The molecular formula is C13H13N3S2. The molecule has 0 fully saturated rings. The van der Waals surface area contributed by atoms with E-state index in [1.54, 1.807) is 6.07 Å². The van der Waals surface area contributed by atoms with E-state index >= 15 is 0 Å². The number of aryl methyl sites for hydroxylation is 1. The van der Waals surface area contributed by atoms with Crippen LogP contribution >= 0.6 is 25.3 Å². The van der Waals surface area contributed by atoms with Crippen LogP contribution in [-0.4, -0.2) is 0 Å². The van der Waals surface area contributed by atoms with E-state index < -0.39 is 0 Å². The lowest BCUT2D eigenvalue weighted by Crippen LogP contribution is -1.84. The maximum Gasteiger partial charge on any atom is 0.0990 e. The van der Waals surface area contributed by atoms with Crippen molar-refractivity contribution >= 4 is 42.3 Å². The summed E-state index contributed by atoms with van der Waals surface area (Å²) in [6, 6.07) is 11.0. The fourth-order valence-corrected chi connectivity index (χ4v) is 2.06. The fraction of sp³-hybridized carbons (Fsp3) is 0.0769. The number of benzene rings is 2. The first-order valence-corrected chi connectivity index (χ1v) is 6.25. The summed E-state index contributed by atoms with van der Waals surface area (Å²) in [5.74, 6) is 0. The Balaban J connectivity index is 2.30. The first-order valence-electron chi connectivity index (χ1n) is 5.36. The lowest BCUT2D eigenvalue weighted by molar-refractivity contribution is 1.17. The standard InChI is InChI=1S/C13H13N3S2/c1-8-6-9(14)2-4-11(8)15-16-12-5-3-10(17)7-13(12)18/h2-7,17-18H,14H2,1H3. The molecule has 0 aliphatic carbocycles. The van der Waals surface area contributed by atoms with Crippen LogP contribution in [0.3, 0.4) is 0 Å². The zero-order valence-electron chi connectivity index (χ0n) is 9.83.